The number of hydrogen-bond donors (Lipinski definition) is 3. The number of likely N-dealkylation sites (N-methyl/N-ethyl adjacent to an activating group) is 2. The van der Waals surface area contributed by atoms with E-state index in [0.717, 1.165) is 43.4 Å². The maximum absolute atomic E-state index is 14.3. The van der Waals surface area contributed by atoms with Crippen molar-refractivity contribution in [3.8, 4) is 0 Å². The summed E-state index contributed by atoms with van der Waals surface area (Å²) >= 11 is 1.31. The van der Waals surface area contributed by atoms with E-state index in [4.69, 9.17) is 9.72 Å². The van der Waals surface area contributed by atoms with Crippen molar-refractivity contribution in [2.75, 3.05) is 27.2 Å². The van der Waals surface area contributed by atoms with E-state index in [-0.39, 0.29) is 60.4 Å². The van der Waals surface area contributed by atoms with Crippen molar-refractivity contribution in [3.05, 3.63) is 64.1 Å². The van der Waals surface area contributed by atoms with Gasteiger partial charge in [-0.3, -0.25) is 24.1 Å². The van der Waals surface area contributed by atoms with Gasteiger partial charge in [0.05, 0.1) is 18.6 Å². The molecule has 288 valence electrons. The fraction of sp³-hybridized carbons (Fsp3) is 0.625. The van der Waals surface area contributed by atoms with E-state index in [0.29, 0.717) is 17.8 Å². The molecule has 1 aromatic heterocycles. The summed E-state index contributed by atoms with van der Waals surface area (Å²) in [4.78, 5) is 61.5. The van der Waals surface area contributed by atoms with Crippen molar-refractivity contribution in [1.29, 1.82) is 0 Å². The smallest absolute Gasteiger partial charge is 0.306 e. The lowest BCUT2D eigenvalue weighted by atomic mass is 9.92. The van der Waals surface area contributed by atoms with E-state index >= 15 is 0 Å². The van der Waals surface area contributed by atoms with Crippen molar-refractivity contribution < 1.29 is 29.0 Å². The Kier molecular flexibility index (Phi) is 16.9. The van der Waals surface area contributed by atoms with Gasteiger partial charge in [-0.15, -0.1) is 11.3 Å². The van der Waals surface area contributed by atoms with Gasteiger partial charge in [0.2, 0.25) is 11.8 Å². The maximum atomic E-state index is 14.3. The van der Waals surface area contributed by atoms with Gasteiger partial charge in [-0.05, 0) is 63.6 Å². The summed E-state index contributed by atoms with van der Waals surface area (Å²) in [5.41, 5.74) is 2.05. The summed E-state index contributed by atoms with van der Waals surface area (Å²) in [5.74, 6) is -2.22. The molecule has 0 aliphatic carbocycles. The average Bonchev–Trinajstić information content (AvgIpc) is 3.60. The second-order valence-corrected chi connectivity index (χ2v) is 15.9. The SMILES string of the molecule is C=C(C)CO[C@H](C[C@H](C(C)C)N(C)C(=O)[C@@H](NC(=O)C1CCCCN1C)[C@@H](C)CC)c1nc(C(=O)N[C@@H](Cc2ccccc2)C[C@H](C)C(=O)O)cs1. The van der Waals surface area contributed by atoms with Crippen LogP contribution in [-0.2, 0) is 25.5 Å². The molecule has 11 nitrogen and oxygen atoms in total. The fourth-order valence-electron chi connectivity index (χ4n) is 6.72. The number of hydrogen-bond acceptors (Lipinski definition) is 8. The molecule has 12 heteroatoms. The highest BCUT2D eigenvalue weighted by atomic mass is 32.1. The average molecular weight is 740 g/mol. The van der Waals surface area contributed by atoms with E-state index < -0.39 is 30.1 Å². The van der Waals surface area contributed by atoms with Crippen molar-refractivity contribution in [1.82, 2.24) is 25.4 Å². The number of carbonyl (C=O) groups excluding carboxylic acids is 3. The van der Waals surface area contributed by atoms with Crippen LogP contribution in [0.3, 0.4) is 0 Å². The third-order valence-electron chi connectivity index (χ3n) is 10.2. The third-order valence-corrected chi connectivity index (χ3v) is 11.1. The van der Waals surface area contributed by atoms with Gasteiger partial charge in [0.1, 0.15) is 22.8 Å². The van der Waals surface area contributed by atoms with Crippen LogP contribution in [0.5, 0.6) is 0 Å². The standard InChI is InChI=1S/C40H61N5O6S/c1-10-27(6)35(43-37(47)32-18-14-15-19-44(32)8)39(48)45(9)33(26(4)5)22-34(51-23-25(2)3)38-42-31(24-52-38)36(46)41-30(20-28(7)40(49)50)21-29-16-12-11-13-17-29/h11-13,16-17,24,26-28,30,32-35H,2,10,14-15,18-23H2,1,3-9H3,(H,41,46)(H,43,47)(H,49,50)/t27-,28-,30+,32?,33+,34+,35-/m0/s1. The van der Waals surface area contributed by atoms with Crippen molar-refractivity contribution >= 4 is 35.0 Å². The first-order chi connectivity index (χ1) is 24.6. The van der Waals surface area contributed by atoms with E-state index in [9.17, 15) is 24.3 Å². The Morgan fingerprint density at radius 3 is 2.38 bits per heavy atom. The molecule has 1 aliphatic heterocycles. The van der Waals surface area contributed by atoms with E-state index in [1.54, 1.807) is 24.3 Å². The third kappa shape index (κ3) is 12.5. The summed E-state index contributed by atoms with van der Waals surface area (Å²) < 4.78 is 6.36. The number of nitrogens with zero attached hydrogens (tertiary/aromatic N) is 3. The molecule has 1 saturated heterocycles. The maximum Gasteiger partial charge on any atom is 0.306 e. The quantitative estimate of drug-likeness (QED) is 0.138. The second-order valence-electron chi connectivity index (χ2n) is 15.0. The zero-order chi connectivity index (χ0) is 38.5. The molecule has 3 N–H and O–H groups in total. The number of carbonyl (C=O) groups is 4. The number of amides is 3. The lowest BCUT2D eigenvalue weighted by Gasteiger charge is -2.38. The highest BCUT2D eigenvalue weighted by Gasteiger charge is 2.37. The lowest BCUT2D eigenvalue weighted by molar-refractivity contribution is -0.141. The molecule has 3 amide bonds. The van der Waals surface area contributed by atoms with Crippen molar-refractivity contribution in [2.24, 2.45) is 17.8 Å². The number of thiazole rings is 1. The molecule has 0 spiro atoms. The Bertz CT molecular complexity index is 1480. The minimum Gasteiger partial charge on any atom is -0.481 e. The molecular weight excluding hydrogens is 679 g/mol. The summed E-state index contributed by atoms with van der Waals surface area (Å²) in [6, 6.07) is 8.06. The molecule has 1 aromatic carbocycles. The molecular formula is C40H61N5O6S. The highest BCUT2D eigenvalue weighted by Crippen LogP contribution is 2.31. The number of ether oxygens (including phenoxy) is 1. The first-order valence-corrected chi connectivity index (χ1v) is 19.6. The van der Waals surface area contributed by atoms with Gasteiger partial charge in [0.25, 0.3) is 5.91 Å². The van der Waals surface area contributed by atoms with E-state index in [1.165, 1.54) is 11.3 Å². The Hall–Kier alpha value is -3.61. The van der Waals surface area contributed by atoms with Gasteiger partial charge in [-0.2, -0.15) is 0 Å². The number of aliphatic carboxylic acids is 1. The molecule has 0 bridgehead atoms. The largest absolute Gasteiger partial charge is 0.481 e. The minimum atomic E-state index is -0.918. The van der Waals surface area contributed by atoms with Gasteiger partial charge in [0.15, 0.2) is 0 Å². The molecule has 2 aromatic rings. The first-order valence-electron chi connectivity index (χ1n) is 18.7. The van der Waals surface area contributed by atoms with Crippen LogP contribution in [0.15, 0.2) is 47.9 Å². The summed E-state index contributed by atoms with van der Waals surface area (Å²) in [7, 11) is 3.76. The second kappa shape index (κ2) is 20.6. The molecule has 7 atom stereocenters. The van der Waals surface area contributed by atoms with Gasteiger partial charge >= 0.3 is 5.97 Å². The predicted octanol–water partition coefficient (Wildman–Crippen LogP) is 6.12. The van der Waals surface area contributed by atoms with Crippen molar-refractivity contribution in [2.45, 2.75) is 117 Å². The molecule has 0 radical (unpaired) electrons. The number of nitrogens with one attached hydrogen (secondary N) is 2. The summed E-state index contributed by atoms with van der Waals surface area (Å²) in [6.07, 6.45) is 4.19. The number of likely N-dealkylation sites (tertiary alicyclic amines) is 1. The lowest BCUT2D eigenvalue weighted by Crippen LogP contribution is -2.58. The molecule has 52 heavy (non-hydrogen) atoms. The van der Waals surface area contributed by atoms with Crippen LogP contribution in [0.25, 0.3) is 0 Å². The van der Waals surface area contributed by atoms with Gasteiger partial charge in [0, 0.05) is 30.9 Å². The van der Waals surface area contributed by atoms with Gasteiger partial charge < -0.3 is 25.4 Å². The normalized spacial score (nSPS) is 18.4. The molecule has 0 saturated carbocycles. The van der Waals surface area contributed by atoms with Crippen LogP contribution < -0.4 is 10.6 Å². The Balaban J connectivity index is 1.83. The van der Waals surface area contributed by atoms with Crippen LogP contribution in [0.1, 0.15) is 107 Å². The summed E-state index contributed by atoms with van der Waals surface area (Å²) in [5, 5.41) is 18.0. The zero-order valence-corrected chi connectivity index (χ0v) is 33.2. The number of benzene rings is 1. The van der Waals surface area contributed by atoms with Gasteiger partial charge in [-0.25, -0.2) is 4.98 Å². The highest BCUT2D eigenvalue weighted by molar-refractivity contribution is 7.09. The number of rotatable bonds is 20. The van der Waals surface area contributed by atoms with E-state index in [2.05, 4.69) is 36.0 Å². The van der Waals surface area contributed by atoms with Gasteiger partial charge in [-0.1, -0.05) is 89.9 Å². The number of carboxylic acid groups (broad SMARTS) is 1. The molecule has 2 heterocycles. The number of aromatic nitrogens is 1. The molecule has 1 unspecified atom stereocenters. The van der Waals surface area contributed by atoms with Crippen LogP contribution in [0.4, 0.5) is 0 Å². The van der Waals surface area contributed by atoms with Crippen LogP contribution in [0, 0.1) is 17.8 Å². The molecule has 1 fully saturated rings. The van der Waals surface area contributed by atoms with E-state index in [1.807, 2.05) is 58.2 Å². The Morgan fingerprint density at radius 2 is 1.79 bits per heavy atom. The monoisotopic (exact) mass is 739 g/mol. The fourth-order valence-corrected chi connectivity index (χ4v) is 7.58. The topological polar surface area (TPSA) is 141 Å². The Morgan fingerprint density at radius 1 is 1.10 bits per heavy atom. The predicted molar refractivity (Wildman–Crippen MR) is 206 cm³/mol. The molecule has 1 aliphatic rings. The molecule has 3 rings (SSSR count). The van der Waals surface area contributed by atoms with Crippen LogP contribution >= 0.6 is 11.3 Å². The minimum absolute atomic E-state index is 0.0420. The van der Waals surface area contributed by atoms with Crippen molar-refractivity contribution in [3.63, 3.8) is 0 Å². The number of carboxylic acids is 1. The summed E-state index contributed by atoms with van der Waals surface area (Å²) in [6.45, 7) is 16.8. The van der Waals surface area contributed by atoms with Crippen LogP contribution in [-0.4, -0.2) is 95.0 Å². The Labute approximate surface area is 314 Å². The number of piperidine rings is 1. The first kappa shape index (κ1) is 42.8. The zero-order valence-electron chi connectivity index (χ0n) is 32.4. The van der Waals surface area contributed by atoms with Crippen LogP contribution in [0.2, 0.25) is 0 Å².